The quantitative estimate of drug-likeness (QED) is 0.558. The van der Waals surface area contributed by atoms with Crippen molar-refractivity contribution in [2.75, 3.05) is 6.61 Å². The van der Waals surface area contributed by atoms with Crippen LogP contribution >= 0.6 is 0 Å². The van der Waals surface area contributed by atoms with Crippen LogP contribution in [0.5, 0.6) is 0 Å². The molecule has 4 heteroatoms. The van der Waals surface area contributed by atoms with Crippen molar-refractivity contribution in [1.82, 2.24) is 0 Å². The average Bonchev–Trinajstić information content (AvgIpc) is 2.22. The lowest BCUT2D eigenvalue weighted by atomic mass is 9.96. The van der Waals surface area contributed by atoms with Gasteiger partial charge >= 0.3 is 0 Å². The molecule has 0 aromatic heterocycles. The number of nitrogens with two attached hydrogens (primary N) is 1. The molecule has 3 N–H and O–H groups in total. The zero-order chi connectivity index (χ0) is 15.4. The molecule has 0 rings (SSSR count). The van der Waals surface area contributed by atoms with E-state index in [-0.39, 0.29) is 11.1 Å². The maximum Gasteiger partial charge on any atom is 0.192 e. The minimum Gasteiger partial charge on any atom is -0.413 e. The maximum absolute atomic E-state index is 10.1. The molecular weight excluding hydrogens is 254 g/mol. The number of hydrogen-bond acceptors (Lipinski definition) is 3. The predicted octanol–water partition coefficient (Wildman–Crippen LogP) is 3.30. The third-order valence-corrected chi connectivity index (χ3v) is 8.47. The summed E-state index contributed by atoms with van der Waals surface area (Å²) < 4.78 is 6.06. The van der Waals surface area contributed by atoms with Gasteiger partial charge in [-0.15, -0.1) is 0 Å². The van der Waals surface area contributed by atoms with Gasteiger partial charge in [-0.3, -0.25) is 0 Å². The fourth-order valence-electron chi connectivity index (χ4n) is 1.55. The lowest BCUT2D eigenvalue weighted by molar-refractivity contribution is 0.152. The van der Waals surface area contributed by atoms with Gasteiger partial charge in [-0.1, -0.05) is 41.2 Å². The van der Waals surface area contributed by atoms with Crippen molar-refractivity contribution < 1.29 is 9.53 Å². The Bertz CT molecular complexity index is 295. The van der Waals surface area contributed by atoms with Gasteiger partial charge in [0.25, 0.3) is 0 Å². The monoisotopic (exact) mass is 287 g/mol. The fourth-order valence-corrected chi connectivity index (χ4v) is 2.53. The van der Waals surface area contributed by atoms with Crippen LogP contribution in [0.1, 0.15) is 41.0 Å². The molecule has 0 aliphatic carbocycles. The van der Waals surface area contributed by atoms with E-state index in [0.29, 0.717) is 18.1 Å². The van der Waals surface area contributed by atoms with Crippen molar-refractivity contribution in [3.63, 3.8) is 0 Å². The second kappa shape index (κ2) is 7.02. The summed E-state index contributed by atoms with van der Waals surface area (Å²) in [6.07, 6.45) is 0.118. The summed E-state index contributed by atoms with van der Waals surface area (Å²) in [5.41, 5.74) is 6.68. The Morgan fingerprint density at radius 1 is 1.32 bits per heavy atom. The standard InChI is InChI=1S/C15H33NO2Si/c1-11(2)9-13(16)14(17)12(3)10-18-19(7,8)15(4,5)6/h11,13-14,17H,3,9-10,16H2,1-2,4-8H3/t13?,14-/m1/s1. The summed E-state index contributed by atoms with van der Waals surface area (Å²) in [5.74, 6) is 0.471. The predicted molar refractivity (Wildman–Crippen MR) is 85.7 cm³/mol. The van der Waals surface area contributed by atoms with Crippen LogP contribution in [0.15, 0.2) is 12.2 Å². The Morgan fingerprint density at radius 3 is 2.16 bits per heavy atom. The van der Waals surface area contributed by atoms with Crippen molar-refractivity contribution in [2.24, 2.45) is 11.7 Å². The zero-order valence-corrected chi connectivity index (χ0v) is 14.8. The SMILES string of the molecule is C=C(CO[Si](C)(C)C(C)(C)C)[C@@H](O)C(N)CC(C)C. The highest BCUT2D eigenvalue weighted by Crippen LogP contribution is 2.36. The Balaban J connectivity index is 4.40. The Labute approximate surface area is 120 Å². The molecule has 2 atom stereocenters. The molecule has 0 aromatic rings. The van der Waals surface area contributed by atoms with Gasteiger partial charge in [0.1, 0.15) is 0 Å². The summed E-state index contributed by atoms with van der Waals surface area (Å²) in [4.78, 5) is 0. The van der Waals surface area contributed by atoms with E-state index in [0.717, 1.165) is 6.42 Å². The van der Waals surface area contributed by atoms with Crippen LogP contribution in [0.25, 0.3) is 0 Å². The number of rotatable bonds is 7. The largest absolute Gasteiger partial charge is 0.413 e. The van der Waals surface area contributed by atoms with Gasteiger partial charge in [-0.25, -0.2) is 0 Å². The summed E-state index contributed by atoms with van der Waals surface area (Å²) in [5, 5.41) is 10.3. The minimum absolute atomic E-state index is 0.165. The van der Waals surface area contributed by atoms with Crippen LogP contribution in [-0.2, 0) is 4.43 Å². The highest BCUT2D eigenvalue weighted by Gasteiger charge is 2.37. The lowest BCUT2D eigenvalue weighted by Crippen LogP contribution is -2.43. The molecule has 0 aromatic carbocycles. The summed E-state index contributed by atoms with van der Waals surface area (Å²) in [6.45, 7) is 19.5. The van der Waals surface area contributed by atoms with Crippen LogP contribution in [-0.4, -0.2) is 32.2 Å². The van der Waals surface area contributed by atoms with Crippen molar-refractivity contribution in [3.05, 3.63) is 12.2 Å². The van der Waals surface area contributed by atoms with E-state index in [4.69, 9.17) is 10.2 Å². The van der Waals surface area contributed by atoms with Crippen molar-refractivity contribution in [2.45, 2.75) is 71.3 Å². The Morgan fingerprint density at radius 2 is 1.79 bits per heavy atom. The summed E-state index contributed by atoms with van der Waals surface area (Å²) in [7, 11) is -1.79. The molecule has 0 aliphatic rings. The Hall–Kier alpha value is -0.163. The van der Waals surface area contributed by atoms with Crippen LogP contribution in [0.4, 0.5) is 0 Å². The first-order chi connectivity index (χ1) is 8.38. The number of aliphatic hydroxyl groups is 1. The van der Waals surface area contributed by atoms with Gasteiger partial charge in [-0.05, 0) is 36.0 Å². The molecule has 0 saturated heterocycles. The van der Waals surface area contributed by atoms with E-state index in [1.165, 1.54) is 0 Å². The molecule has 114 valence electrons. The van der Waals surface area contributed by atoms with E-state index in [2.05, 4.69) is 54.3 Å². The fraction of sp³-hybridized carbons (Fsp3) is 0.867. The van der Waals surface area contributed by atoms with Crippen molar-refractivity contribution in [1.29, 1.82) is 0 Å². The van der Waals surface area contributed by atoms with Gasteiger partial charge in [-0.2, -0.15) is 0 Å². The highest BCUT2D eigenvalue weighted by molar-refractivity contribution is 6.74. The van der Waals surface area contributed by atoms with Crippen molar-refractivity contribution in [3.8, 4) is 0 Å². The molecular formula is C15H33NO2Si. The van der Waals surface area contributed by atoms with Crippen LogP contribution in [0.3, 0.4) is 0 Å². The molecule has 19 heavy (non-hydrogen) atoms. The van der Waals surface area contributed by atoms with Crippen LogP contribution in [0, 0.1) is 5.92 Å². The van der Waals surface area contributed by atoms with Crippen LogP contribution < -0.4 is 5.73 Å². The summed E-state index contributed by atoms with van der Waals surface area (Å²) in [6, 6.07) is -0.254. The third-order valence-electron chi connectivity index (χ3n) is 3.99. The first kappa shape index (κ1) is 18.8. The molecule has 0 heterocycles. The normalized spacial score (nSPS) is 16.5. The molecule has 1 unspecified atom stereocenters. The molecule has 0 spiro atoms. The third kappa shape index (κ3) is 6.21. The molecule has 0 amide bonds. The second-order valence-corrected chi connectivity index (χ2v) is 12.3. The van der Waals surface area contributed by atoms with Crippen molar-refractivity contribution >= 4 is 8.32 Å². The van der Waals surface area contributed by atoms with E-state index >= 15 is 0 Å². The summed E-state index contributed by atoms with van der Waals surface area (Å²) >= 11 is 0. The molecule has 0 radical (unpaired) electrons. The van der Waals surface area contributed by atoms with Gasteiger partial charge in [0.05, 0.1) is 12.7 Å². The highest BCUT2D eigenvalue weighted by atomic mass is 28.4. The zero-order valence-electron chi connectivity index (χ0n) is 13.8. The van der Waals surface area contributed by atoms with Gasteiger partial charge in [0.15, 0.2) is 8.32 Å². The maximum atomic E-state index is 10.1. The average molecular weight is 288 g/mol. The molecule has 0 fully saturated rings. The topological polar surface area (TPSA) is 55.5 Å². The molecule has 3 nitrogen and oxygen atoms in total. The number of hydrogen-bond donors (Lipinski definition) is 2. The van der Waals surface area contributed by atoms with E-state index in [1.54, 1.807) is 0 Å². The van der Waals surface area contributed by atoms with E-state index in [1.807, 2.05) is 0 Å². The van der Waals surface area contributed by atoms with Gasteiger partial charge in [0, 0.05) is 6.04 Å². The second-order valence-electron chi connectivity index (χ2n) is 7.45. The Kier molecular flexibility index (Phi) is 6.96. The smallest absolute Gasteiger partial charge is 0.192 e. The van der Waals surface area contributed by atoms with E-state index < -0.39 is 14.4 Å². The minimum atomic E-state index is -1.79. The molecule has 0 saturated carbocycles. The van der Waals surface area contributed by atoms with Gasteiger partial charge in [0.2, 0.25) is 0 Å². The van der Waals surface area contributed by atoms with Crippen LogP contribution in [0.2, 0.25) is 18.1 Å². The number of aliphatic hydroxyl groups excluding tert-OH is 1. The van der Waals surface area contributed by atoms with E-state index in [9.17, 15) is 5.11 Å². The molecule has 0 aliphatic heterocycles. The first-order valence-corrected chi connectivity index (χ1v) is 10.0. The molecule has 0 bridgehead atoms. The lowest BCUT2D eigenvalue weighted by Gasteiger charge is -2.37. The first-order valence-electron chi connectivity index (χ1n) is 7.13. The van der Waals surface area contributed by atoms with Gasteiger partial charge < -0.3 is 15.3 Å².